The molecule has 0 aromatic rings. The molecule has 74 valence electrons. The molecule has 3 nitrogen and oxygen atoms in total. The van der Waals surface area contributed by atoms with Gasteiger partial charge in [-0.3, -0.25) is 4.79 Å². The van der Waals surface area contributed by atoms with E-state index in [0.29, 0.717) is 0 Å². The maximum atomic E-state index is 11.5. The third kappa shape index (κ3) is 1.35. The van der Waals surface area contributed by atoms with Crippen LogP contribution in [-0.2, 0) is 9.53 Å². The molecule has 0 amide bonds. The molecule has 1 heterocycles. The molecule has 1 N–H and O–H groups in total. The molecule has 3 heteroatoms. The number of hydrogen-bond donors (Lipinski definition) is 1. The van der Waals surface area contributed by atoms with Gasteiger partial charge in [0.15, 0.2) is 0 Å². The highest BCUT2D eigenvalue weighted by molar-refractivity contribution is 5.74. The zero-order valence-electron chi connectivity index (χ0n) is 8.30. The summed E-state index contributed by atoms with van der Waals surface area (Å²) in [5.41, 5.74) is 0.160. The summed E-state index contributed by atoms with van der Waals surface area (Å²) < 4.78 is 4.83. The maximum absolute atomic E-state index is 11.5. The van der Waals surface area contributed by atoms with E-state index in [-0.39, 0.29) is 17.3 Å². The number of nitrogens with one attached hydrogen (secondary N) is 1. The van der Waals surface area contributed by atoms with Gasteiger partial charge in [-0.05, 0) is 24.2 Å². The smallest absolute Gasteiger partial charge is 0.310 e. The van der Waals surface area contributed by atoms with E-state index in [1.807, 2.05) is 0 Å². The second kappa shape index (κ2) is 2.98. The molecule has 0 radical (unpaired) electrons. The zero-order valence-corrected chi connectivity index (χ0v) is 8.30. The zero-order chi connectivity index (χ0) is 9.47. The van der Waals surface area contributed by atoms with Crippen molar-refractivity contribution in [2.45, 2.75) is 19.8 Å². The van der Waals surface area contributed by atoms with Gasteiger partial charge in [-0.2, -0.15) is 0 Å². The van der Waals surface area contributed by atoms with Crippen LogP contribution in [0.15, 0.2) is 0 Å². The number of hydrogen-bond acceptors (Lipinski definition) is 3. The number of esters is 1. The molecule has 2 fully saturated rings. The Labute approximate surface area is 78.8 Å². The summed E-state index contributed by atoms with van der Waals surface area (Å²) in [7, 11) is 1.48. The van der Waals surface area contributed by atoms with Crippen LogP contribution in [0.25, 0.3) is 0 Å². The van der Waals surface area contributed by atoms with E-state index < -0.39 is 0 Å². The Bertz CT molecular complexity index is 225. The number of ether oxygens (including phenoxy) is 1. The molecule has 1 aliphatic heterocycles. The third-order valence-electron chi connectivity index (χ3n) is 3.65. The van der Waals surface area contributed by atoms with E-state index in [2.05, 4.69) is 12.2 Å². The summed E-state index contributed by atoms with van der Waals surface area (Å²) >= 11 is 0. The molecule has 0 spiro atoms. The van der Waals surface area contributed by atoms with E-state index in [4.69, 9.17) is 4.74 Å². The minimum absolute atomic E-state index is 0.0422. The first-order chi connectivity index (χ1) is 6.18. The molecule has 2 unspecified atom stereocenters. The van der Waals surface area contributed by atoms with Crippen LogP contribution < -0.4 is 5.32 Å². The van der Waals surface area contributed by atoms with Crippen molar-refractivity contribution < 1.29 is 9.53 Å². The van der Waals surface area contributed by atoms with Crippen molar-refractivity contribution in [2.75, 3.05) is 20.2 Å². The van der Waals surface area contributed by atoms with Crippen LogP contribution in [0.3, 0.4) is 0 Å². The van der Waals surface area contributed by atoms with Crippen molar-refractivity contribution in [3.8, 4) is 0 Å². The number of carbonyl (C=O) groups excluding carboxylic acids is 1. The summed E-state index contributed by atoms with van der Waals surface area (Å²) in [4.78, 5) is 11.5. The SMILES string of the molecule is COC(=O)C1CNCC1(C)C1CC1. The van der Waals surface area contributed by atoms with Gasteiger partial charge in [-0.1, -0.05) is 6.92 Å². The average molecular weight is 183 g/mol. The van der Waals surface area contributed by atoms with Crippen LogP contribution in [0.2, 0.25) is 0 Å². The van der Waals surface area contributed by atoms with Gasteiger partial charge in [-0.25, -0.2) is 0 Å². The first-order valence-corrected chi connectivity index (χ1v) is 4.97. The molecular formula is C10H17NO2. The normalized spacial score (nSPS) is 39.1. The number of carbonyl (C=O) groups is 1. The van der Waals surface area contributed by atoms with Gasteiger partial charge in [0.2, 0.25) is 0 Å². The van der Waals surface area contributed by atoms with E-state index in [0.717, 1.165) is 19.0 Å². The molecule has 2 aliphatic rings. The summed E-state index contributed by atoms with van der Waals surface area (Å²) in [6, 6.07) is 0. The quantitative estimate of drug-likeness (QED) is 0.643. The van der Waals surface area contributed by atoms with E-state index in [1.54, 1.807) is 0 Å². The first kappa shape index (κ1) is 9.00. The van der Waals surface area contributed by atoms with E-state index in [1.165, 1.54) is 20.0 Å². The van der Waals surface area contributed by atoms with Gasteiger partial charge in [0.05, 0.1) is 13.0 Å². The second-order valence-electron chi connectivity index (χ2n) is 4.49. The molecule has 1 saturated heterocycles. The standard InChI is InChI=1S/C10H17NO2/c1-10(7-3-4-7)6-11-5-8(10)9(12)13-2/h7-8,11H,3-6H2,1-2H3. The largest absolute Gasteiger partial charge is 0.469 e. The van der Waals surface area contributed by atoms with E-state index in [9.17, 15) is 4.79 Å². The van der Waals surface area contributed by atoms with Crippen LogP contribution in [0.1, 0.15) is 19.8 Å². The van der Waals surface area contributed by atoms with Crippen molar-refractivity contribution >= 4 is 5.97 Å². The highest BCUT2D eigenvalue weighted by atomic mass is 16.5. The van der Waals surface area contributed by atoms with Crippen molar-refractivity contribution in [3.63, 3.8) is 0 Å². The molecule has 0 aromatic carbocycles. The van der Waals surface area contributed by atoms with Gasteiger partial charge in [0.1, 0.15) is 0 Å². The summed E-state index contributed by atoms with van der Waals surface area (Å²) in [5.74, 6) is 0.774. The van der Waals surface area contributed by atoms with Crippen LogP contribution >= 0.6 is 0 Å². The molecule has 2 rings (SSSR count). The molecule has 1 saturated carbocycles. The van der Waals surface area contributed by atoms with Crippen molar-refractivity contribution in [1.82, 2.24) is 5.32 Å². The highest BCUT2D eigenvalue weighted by Crippen LogP contribution is 2.51. The van der Waals surface area contributed by atoms with Crippen molar-refractivity contribution in [1.29, 1.82) is 0 Å². The lowest BCUT2D eigenvalue weighted by Crippen LogP contribution is -2.34. The molecule has 1 aliphatic carbocycles. The van der Waals surface area contributed by atoms with Crippen molar-refractivity contribution in [2.24, 2.45) is 17.3 Å². The van der Waals surface area contributed by atoms with Crippen LogP contribution in [0.5, 0.6) is 0 Å². The van der Waals surface area contributed by atoms with Crippen LogP contribution in [0, 0.1) is 17.3 Å². The topological polar surface area (TPSA) is 38.3 Å². The summed E-state index contributed by atoms with van der Waals surface area (Å²) in [6.07, 6.45) is 2.57. The molecule has 0 bridgehead atoms. The Hall–Kier alpha value is -0.570. The summed E-state index contributed by atoms with van der Waals surface area (Å²) in [6.45, 7) is 3.98. The predicted octanol–water partition coefficient (Wildman–Crippen LogP) is 0.795. The lowest BCUT2D eigenvalue weighted by molar-refractivity contribution is -0.148. The lowest BCUT2D eigenvalue weighted by atomic mass is 9.75. The van der Waals surface area contributed by atoms with Gasteiger partial charge in [0, 0.05) is 13.1 Å². The maximum Gasteiger partial charge on any atom is 0.310 e. The molecule has 13 heavy (non-hydrogen) atoms. The number of rotatable bonds is 2. The lowest BCUT2D eigenvalue weighted by Gasteiger charge is -2.28. The first-order valence-electron chi connectivity index (χ1n) is 4.97. The van der Waals surface area contributed by atoms with Crippen LogP contribution in [0.4, 0.5) is 0 Å². The monoisotopic (exact) mass is 183 g/mol. The third-order valence-corrected chi connectivity index (χ3v) is 3.65. The van der Waals surface area contributed by atoms with Gasteiger partial charge >= 0.3 is 5.97 Å². The van der Waals surface area contributed by atoms with Gasteiger partial charge < -0.3 is 10.1 Å². The Balaban J connectivity index is 2.12. The number of methoxy groups -OCH3 is 1. The second-order valence-corrected chi connectivity index (χ2v) is 4.49. The fourth-order valence-corrected chi connectivity index (χ4v) is 2.51. The highest BCUT2D eigenvalue weighted by Gasteiger charge is 2.52. The molecule has 0 aromatic heterocycles. The van der Waals surface area contributed by atoms with E-state index >= 15 is 0 Å². The Kier molecular flexibility index (Phi) is 2.06. The predicted molar refractivity (Wildman–Crippen MR) is 49.2 cm³/mol. The summed E-state index contributed by atoms with van der Waals surface area (Å²) in [5, 5.41) is 3.30. The Morgan fingerprint density at radius 2 is 2.23 bits per heavy atom. The minimum Gasteiger partial charge on any atom is -0.469 e. The Morgan fingerprint density at radius 3 is 2.77 bits per heavy atom. The average Bonchev–Trinajstić information content (AvgIpc) is 2.90. The Morgan fingerprint density at radius 1 is 1.54 bits per heavy atom. The fourth-order valence-electron chi connectivity index (χ4n) is 2.51. The van der Waals surface area contributed by atoms with Gasteiger partial charge in [-0.15, -0.1) is 0 Å². The fraction of sp³-hybridized carbons (Fsp3) is 0.900. The van der Waals surface area contributed by atoms with Crippen molar-refractivity contribution in [3.05, 3.63) is 0 Å². The molecular weight excluding hydrogens is 166 g/mol. The molecule has 2 atom stereocenters. The van der Waals surface area contributed by atoms with Gasteiger partial charge in [0.25, 0.3) is 0 Å². The van der Waals surface area contributed by atoms with Crippen LogP contribution in [-0.4, -0.2) is 26.2 Å². The minimum atomic E-state index is -0.0422.